The van der Waals surface area contributed by atoms with Gasteiger partial charge in [0.05, 0.1) is 0 Å². The highest BCUT2D eigenvalue weighted by atomic mass is 15.1. The molecule has 1 rings (SSSR count). The molecular weight excluding hydrogens is 122 g/mol. The predicted molar refractivity (Wildman–Crippen MR) is 45.0 cm³/mol. The first-order chi connectivity index (χ1) is 4.74. The lowest BCUT2D eigenvalue weighted by atomic mass is 9.99. The summed E-state index contributed by atoms with van der Waals surface area (Å²) < 4.78 is 0. The van der Waals surface area contributed by atoms with Gasteiger partial charge in [0, 0.05) is 12.6 Å². The normalized spacial score (nSPS) is 28.5. The monoisotopic (exact) mass is 137 g/mol. The van der Waals surface area contributed by atoms with Crippen molar-refractivity contribution in [3.8, 4) is 0 Å². The molecule has 0 aromatic heterocycles. The largest absolute Gasteiger partial charge is 0.299 e. The Morgan fingerprint density at radius 2 is 2.40 bits per heavy atom. The van der Waals surface area contributed by atoms with Crippen LogP contribution >= 0.6 is 0 Å². The van der Waals surface area contributed by atoms with Gasteiger partial charge in [-0.05, 0) is 19.9 Å². The van der Waals surface area contributed by atoms with Crippen molar-refractivity contribution >= 4 is 0 Å². The van der Waals surface area contributed by atoms with Crippen LogP contribution in [0.1, 0.15) is 12.8 Å². The second-order valence-electron chi connectivity index (χ2n) is 2.99. The maximum atomic E-state index is 3.97. The smallest absolute Gasteiger partial charge is 0.0309 e. The second kappa shape index (κ2) is 3.02. The van der Waals surface area contributed by atoms with Crippen LogP contribution < -0.4 is 0 Å². The Morgan fingerprint density at radius 3 is 2.90 bits per heavy atom. The molecular formula is C9H15N. The molecule has 1 heteroatoms. The van der Waals surface area contributed by atoms with Crippen molar-refractivity contribution in [3.05, 3.63) is 24.8 Å². The Kier molecular flexibility index (Phi) is 2.28. The lowest BCUT2D eigenvalue weighted by molar-refractivity contribution is 0.255. The summed E-state index contributed by atoms with van der Waals surface area (Å²) in [5, 5.41) is 0. The van der Waals surface area contributed by atoms with E-state index in [0.29, 0.717) is 6.04 Å². The van der Waals surface area contributed by atoms with Crippen LogP contribution in [0.5, 0.6) is 0 Å². The summed E-state index contributed by atoms with van der Waals surface area (Å²) in [6.07, 6.45) is 4.26. The molecule has 0 aromatic rings. The van der Waals surface area contributed by atoms with Crippen molar-refractivity contribution in [1.82, 2.24) is 4.90 Å². The molecule has 0 N–H and O–H groups in total. The van der Waals surface area contributed by atoms with Crippen molar-refractivity contribution in [2.75, 3.05) is 13.6 Å². The molecule has 56 valence electrons. The Hall–Kier alpha value is -0.560. The molecule has 0 amide bonds. The van der Waals surface area contributed by atoms with E-state index in [1.165, 1.54) is 5.57 Å². The van der Waals surface area contributed by atoms with Gasteiger partial charge in [0.25, 0.3) is 0 Å². The highest BCUT2D eigenvalue weighted by molar-refractivity contribution is 5.06. The van der Waals surface area contributed by atoms with Crippen LogP contribution in [0.25, 0.3) is 0 Å². The highest BCUT2D eigenvalue weighted by Gasteiger charge is 2.16. The van der Waals surface area contributed by atoms with Crippen LogP contribution in [0.4, 0.5) is 0 Å². The summed E-state index contributed by atoms with van der Waals surface area (Å²) in [6.45, 7) is 8.89. The van der Waals surface area contributed by atoms with E-state index in [9.17, 15) is 0 Å². The van der Waals surface area contributed by atoms with E-state index in [0.717, 1.165) is 19.4 Å². The van der Waals surface area contributed by atoms with Gasteiger partial charge in [0.2, 0.25) is 0 Å². The Morgan fingerprint density at radius 1 is 1.70 bits per heavy atom. The molecule has 1 fully saturated rings. The van der Waals surface area contributed by atoms with Crippen LogP contribution in [-0.4, -0.2) is 24.5 Å². The van der Waals surface area contributed by atoms with Gasteiger partial charge < -0.3 is 0 Å². The molecule has 1 saturated heterocycles. The number of hydrogen-bond acceptors (Lipinski definition) is 1. The summed E-state index contributed by atoms with van der Waals surface area (Å²) in [4.78, 5) is 2.32. The van der Waals surface area contributed by atoms with Crippen LogP contribution in [0, 0.1) is 0 Å². The summed E-state index contributed by atoms with van der Waals surface area (Å²) in [5.74, 6) is 0. The molecule has 0 radical (unpaired) electrons. The average molecular weight is 137 g/mol. The fraction of sp³-hybridized carbons (Fsp3) is 0.556. The topological polar surface area (TPSA) is 3.24 Å². The molecule has 0 aliphatic carbocycles. The first kappa shape index (κ1) is 7.55. The third-order valence-electron chi connectivity index (χ3n) is 2.15. The Bertz CT molecular complexity index is 149. The van der Waals surface area contributed by atoms with E-state index in [1.54, 1.807) is 0 Å². The standard InChI is InChI=1S/C9H15N/c1-4-9-7-8(2)5-6-10(9)3/h4,9H,1-2,5-7H2,3H3. The molecule has 10 heavy (non-hydrogen) atoms. The second-order valence-corrected chi connectivity index (χ2v) is 2.99. The molecule has 1 unspecified atom stereocenters. The van der Waals surface area contributed by atoms with Crippen molar-refractivity contribution in [2.24, 2.45) is 0 Å². The van der Waals surface area contributed by atoms with Gasteiger partial charge >= 0.3 is 0 Å². The third-order valence-corrected chi connectivity index (χ3v) is 2.15. The number of nitrogens with zero attached hydrogens (tertiary/aromatic N) is 1. The fourth-order valence-corrected chi connectivity index (χ4v) is 1.32. The van der Waals surface area contributed by atoms with Gasteiger partial charge in [-0.25, -0.2) is 0 Å². The summed E-state index contributed by atoms with van der Waals surface area (Å²) >= 11 is 0. The zero-order chi connectivity index (χ0) is 7.56. The van der Waals surface area contributed by atoms with Crippen LogP contribution in [0.2, 0.25) is 0 Å². The highest BCUT2D eigenvalue weighted by Crippen LogP contribution is 2.19. The van der Waals surface area contributed by atoms with E-state index in [1.807, 2.05) is 6.08 Å². The maximum Gasteiger partial charge on any atom is 0.0309 e. The van der Waals surface area contributed by atoms with Crippen molar-refractivity contribution < 1.29 is 0 Å². The SMILES string of the molecule is C=CC1CC(=C)CCN1C. The molecule has 1 aliphatic rings. The van der Waals surface area contributed by atoms with Gasteiger partial charge in [-0.2, -0.15) is 0 Å². The predicted octanol–water partition coefficient (Wildman–Crippen LogP) is 1.82. The molecule has 0 aromatic carbocycles. The average Bonchev–Trinajstić information content (AvgIpc) is 1.94. The third kappa shape index (κ3) is 1.48. The first-order valence-corrected chi connectivity index (χ1v) is 3.73. The molecule has 1 heterocycles. The van der Waals surface area contributed by atoms with E-state index in [4.69, 9.17) is 0 Å². The number of piperidine rings is 1. The van der Waals surface area contributed by atoms with E-state index < -0.39 is 0 Å². The lowest BCUT2D eigenvalue weighted by Gasteiger charge is -2.31. The van der Waals surface area contributed by atoms with Crippen molar-refractivity contribution in [3.63, 3.8) is 0 Å². The number of likely N-dealkylation sites (tertiary alicyclic amines) is 1. The number of hydrogen-bond donors (Lipinski definition) is 0. The fourth-order valence-electron chi connectivity index (χ4n) is 1.32. The van der Waals surface area contributed by atoms with Gasteiger partial charge in [0.1, 0.15) is 0 Å². The lowest BCUT2D eigenvalue weighted by Crippen LogP contribution is -2.35. The van der Waals surface area contributed by atoms with E-state index in [-0.39, 0.29) is 0 Å². The first-order valence-electron chi connectivity index (χ1n) is 3.73. The maximum absolute atomic E-state index is 3.97. The minimum atomic E-state index is 0.529. The molecule has 0 saturated carbocycles. The number of rotatable bonds is 1. The summed E-state index contributed by atoms with van der Waals surface area (Å²) in [5.41, 5.74) is 1.36. The van der Waals surface area contributed by atoms with Gasteiger partial charge in [0.15, 0.2) is 0 Å². The molecule has 1 aliphatic heterocycles. The molecule has 1 atom stereocenters. The van der Waals surface area contributed by atoms with E-state index in [2.05, 4.69) is 25.1 Å². The minimum Gasteiger partial charge on any atom is -0.299 e. The molecule has 0 spiro atoms. The number of likely N-dealkylation sites (N-methyl/N-ethyl adjacent to an activating group) is 1. The Balaban J connectivity index is 2.53. The van der Waals surface area contributed by atoms with E-state index >= 15 is 0 Å². The van der Waals surface area contributed by atoms with Crippen LogP contribution in [0.3, 0.4) is 0 Å². The summed E-state index contributed by atoms with van der Waals surface area (Å²) in [7, 11) is 2.14. The Labute approximate surface area is 63.0 Å². The van der Waals surface area contributed by atoms with Crippen LogP contribution in [0.15, 0.2) is 24.8 Å². The van der Waals surface area contributed by atoms with Gasteiger partial charge in [-0.3, -0.25) is 4.90 Å². The van der Waals surface area contributed by atoms with Gasteiger partial charge in [-0.1, -0.05) is 18.2 Å². The van der Waals surface area contributed by atoms with Gasteiger partial charge in [-0.15, -0.1) is 6.58 Å². The summed E-state index contributed by atoms with van der Waals surface area (Å²) in [6, 6.07) is 0.529. The quantitative estimate of drug-likeness (QED) is 0.498. The molecule has 1 nitrogen and oxygen atoms in total. The zero-order valence-electron chi connectivity index (χ0n) is 6.64. The molecule has 0 bridgehead atoms. The van der Waals surface area contributed by atoms with Crippen molar-refractivity contribution in [2.45, 2.75) is 18.9 Å². The van der Waals surface area contributed by atoms with Crippen LogP contribution in [-0.2, 0) is 0 Å². The van der Waals surface area contributed by atoms with Crippen molar-refractivity contribution in [1.29, 1.82) is 0 Å². The zero-order valence-corrected chi connectivity index (χ0v) is 6.64. The minimum absolute atomic E-state index is 0.529.